The van der Waals surface area contributed by atoms with E-state index in [1.165, 1.54) is 7.11 Å². The Balaban J connectivity index is 2.84. The van der Waals surface area contributed by atoms with Crippen molar-refractivity contribution >= 4 is 38.4 Å². The summed E-state index contributed by atoms with van der Waals surface area (Å²) in [7, 11) is 1.53. The Hall–Kier alpha value is -1.88. The van der Waals surface area contributed by atoms with Crippen LogP contribution in [0, 0.1) is 0 Å². The second-order valence-electron chi connectivity index (χ2n) is 3.86. The van der Waals surface area contributed by atoms with Crippen LogP contribution in [0.5, 0.6) is 5.88 Å². The van der Waals surface area contributed by atoms with Crippen molar-refractivity contribution in [3.05, 3.63) is 40.4 Å². The van der Waals surface area contributed by atoms with Gasteiger partial charge in [0, 0.05) is 21.5 Å². The first-order valence-corrected chi connectivity index (χ1v) is 6.41. The van der Waals surface area contributed by atoms with Gasteiger partial charge in [-0.3, -0.25) is 0 Å². The van der Waals surface area contributed by atoms with E-state index in [1.807, 2.05) is 18.2 Å². The summed E-state index contributed by atoms with van der Waals surface area (Å²) in [4.78, 5) is 15.7. The van der Waals surface area contributed by atoms with E-state index in [0.29, 0.717) is 21.4 Å². The number of fused-ring (bicyclic) bond motifs is 1. The molecule has 4 nitrogen and oxygen atoms in total. The number of benzene rings is 1. The fourth-order valence-corrected chi connectivity index (χ4v) is 2.42. The number of halogens is 1. The fraction of sp³-hybridized carbons (Fsp3) is 0.143. The second kappa shape index (κ2) is 5.40. The van der Waals surface area contributed by atoms with Gasteiger partial charge < -0.3 is 9.84 Å². The molecule has 0 aliphatic heterocycles. The molecule has 2 aromatic rings. The minimum atomic E-state index is -0.986. The standard InChI is InChI=1S/C14H12BrNO3/c1-3-9(14(17)18)12-10(15)6-4-8-5-7-11(19-2)16-13(8)12/h3-7H,1-2H3,(H,17,18). The highest BCUT2D eigenvalue weighted by Gasteiger charge is 2.17. The lowest BCUT2D eigenvalue weighted by Crippen LogP contribution is -2.02. The summed E-state index contributed by atoms with van der Waals surface area (Å²) in [5.74, 6) is -0.534. The van der Waals surface area contributed by atoms with E-state index < -0.39 is 5.97 Å². The van der Waals surface area contributed by atoms with Crippen LogP contribution in [0.4, 0.5) is 0 Å². The number of carboxylic acids is 1. The third kappa shape index (κ3) is 2.46. The number of hydrogen-bond donors (Lipinski definition) is 1. The Labute approximate surface area is 118 Å². The maximum Gasteiger partial charge on any atom is 0.336 e. The van der Waals surface area contributed by atoms with Crippen LogP contribution < -0.4 is 4.74 Å². The Morgan fingerprint density at radius 1 is 1.37 bits per heavy atom. The molecular formula is C14H12BrNO3. The molecule has 0 aliphatic carbocycles. The van der Waals surface area contributed by atoms with E-state index in [1.54, 1.807) is 19.1 Å². The molecule has 0 bridgehead atoms. The van der Waals surface area contributed by atoms with Crippen LogP contribution in [0.25, 0.3) is 16.5 Å². The minimum absolute atomic E-state index is 0.207. The van der Waals surface area contributed by atoms with Crippen molar-refractivity contribution in [1.82, 2.24) is 4.98 Å². The summed E-state index contributed by atoms with van der Waals surface area (Å²) < 4.78 is 5.79. The van der Waals surface area contributed by atoms with E-state index in [2.05, 4.69) is 20.9 Å². The number of hydrogen-bond acceptors (Lipinski definition) is 3. The largest absolute Gasteiger partial charge is 0.481 e. The summed E-state index contributed by atoms with van der Waals surface area (Å²) in [5.41, 5.74) is 1.37. The Bertz CT molecular complexity index is 680. The summed E-state index contributed by atoms with van der Waals surface area (Å²) in [6.45, 7) is 1.69. The van der Waals surface area contributed by atoms with Crippen LogP contribution >= 0.6 is 15.9 Å². The number of carbonyl (C=O) groups is 1. The molecule has 0 saturated heterocycles. The number of pyridine rings is 1. The fourth-order valence-electron chi connectivity index (χ4n) is 1.89. The first-order valence-electron chi connectivity index (χ1n) is 5.61. The molecular weight excluding hydrogens is 310 g/mol. The average molecular weight is 322 g/mol. The molecule has 0 radical (unpaired) electrons. The SMILES string of the molecule is CC=C(C(=O)O)c1c(Br)ccc2ccc(OC)nc12. The van der Waals surface area contributed by atoms with Crippen LogP contribution in [0.15, 0.2) is 34.8 Å². The number of carboxylic acid groups (broad SMARTS) is 1. The monoisotopic (exact) mass is 321 g/mol. The molecule has 19 heavy (non-hydrogen) atoms. The molecule has 1 heterocycles. The van der Waals surface area contributed by atoms with Gasteiger partial charge in [-0.05, 0) is 19.1 Å². The van der Waals surface area contributed by atoms with Crippen LogP contribution in [0.2, 0.25) is 0 Å². The van der Waals surface area contributed by atoms with Crippen LogP contribution in [0.3, 0.4) is 0 Å². The van der Waals surface area contributed by atoms with Gasteiger partial charge in [0.2, 0.25) is 5.88 Å². The number of aliphatic carboxylic acids is 1. The highest BCUT2D eigenvalue weighted by molar-refractivity contribution is 9.10. The van der Waals surface area contributed by atoms with Gasteiger partial charge in [-0.15, -0.1) is 0 Å². The predicted octanol–water partition coefficient (Wildman–Crippen LogP) is 3.49. The van der Waals surface area contributed by atoms with Crippen LogP contribution in [-0.2, 0) is 4.79 Å². The molecule has 0 atom stereocenters. The lowest BCUT2D eigenvalue weighted by atomic mass is 10.0. The molecule has 0 unspecified atom stereocenters. The van der Waals surface area contributed by atoms with E-state index in [9.17, 15) is 9.90 Å². The molecule has 0 saturated carbocycles. The first kappa shape index (κ1) is 13.5. The van der Waals surface area contributed by atoms with Crippen LogP contribution in [-0.4, -0.2) is 23.2 Å². The molecule has 0 fully saturated rings. The Morgan fingerprint density at radius 2 is 2.05 bits per heavy atom. The quantitative estimate of drug-likeness (QED) is 0.879. The predicted molar refractivity (Wildman–Crippen MR) is 77.3 cm³/mol. The van der Waals surface area contributed by atoms with Crippen molar-refractivity contribution < 1.29 is 14.6 Å². The summed E-state index contributed by atoms with van der Waals surface area (Å²) in [5, 5.41) is 10.1. The van der Waals surface area contributed by atoms with Crippen molar-refractivity contribution in [2.75, 3.05) is 7.11 Å². The van der Waals surface area contributed by atoms with Gasteiger partial charge >= 0.3 is 5.97 Å². The van der Waals surface area contributed by atoms with Gasteiger partial charge in [-0.25, -0.2) is 9.78 Å². The van der Waals surface area contributed by atoms with Crippen molar-refractivity contribution in [2.45, 2.75) is 6.92 Å². The van der Waals surface area contributed by atoms with Gasteiger partial charge in [0.15, 0.2) is 0 Å². The first-order chi connectivity index (χ1) is 9.08. The number of aromatic nitrogens is 1. The number of nitrogens with zero attached hydrogens (tertiary/aromatic N) is 1. The molecule has 0 amide bonds. The molecule has 1 aromatic carbocycles. The van der Waals surface area contributed by atoms with Crippen LogP contribution in [0.1, 0.15) is 12.5 Å². The molecule has 1 aromatic heterocycles. The van der Waals surface area contributed by atoms with Gasteiger partial charge in [0.1, 0.15) is 0 Å². The zero-order valence-electron chi connectivity index (χ0n) is 10.5. The topological polar surface area (TPSA) is 59.4 Å². The van der Waals surface area contributed by atoms with Crippen molar-refractivity contribution in [3.8, 4) is 5.88 Å². The van der Waals surface area contributed by atoms with Crippen molar-refractivity contribution in [3.63, 3.8) is 0 Å². The zero-order chi connectivity index (χ0) is 14.0. The summed E-state index contributed by atoms with van der Waals surface area (Å²) in [6.07, 6.45) is 1.56. The molecule has 1 N–H and O–H groups in total. The highest BCUT2D eigenvalue weighted by atomic mass is 79.9. The third-order valence-corrected chi connectivity index (χ3v) is 3.44. The molecule has 2 rings (SSSR count). The third-order valence-electron chi connectivity index (χ3n) is 2.78. The lowest BCUT2D eigenvalue weighted by Gasteiger charge is -2.10. The molecule has 5 heteroatoms. The normalized spacial score (nSPS) is 11.6. The Morgan fingerprint density at radius 3 is 2.63 bits per heavy atom. The average Bonchev–Trinajstić information content (AvgIpc) is 2.41. The van der Waals surface area contributed by atoms with E-state index in [-0.39, 0.29) is 5.57 Å². The van der Waals surface area contributed by atoms with E-state index in [4.69, 9.17) is 4.74 Å². The molecule has 0 aliphatic rings. The van der Waals surface area contributed by atoms with Gasteiger partial charge in [0.25, 0.3) is 0 Å². The maximum atomic E-state index is 11.3. The van der Waals surface area contributed by atoms with E-state index >= 15 is 0 Å². The Kier molecular flexibility index (Phi) is 3.85. The van der Waals surface area contributed by atoms with Crippen molar-refractivity contribution in [1.29, 1.82) is 0 Å². The number of allylic oxidation sites excluding steroid dienone is 1. The smallest absolute Gasteiger partial charge is 0.336 e. The summed E-state index contributed by atoms with van der Waals surface area (Å²) >= 11 is 3.39. The second-order valence-corrected chi connectivity index (χ2v) is 4.71. The highest BCUT2D eigenvalue weighted by Crippen LogP contribution is 2.32. The summed E-state index contributed by atoms with van der Waals surface area (Å²) in [6, 6.07) is 7.30. The maximum absolute atomic E-state index is 11.3. The molecule has 0 spiro atoms. The number of rotatable bonds is 3. The molecule has 98 valence electrons. The van der Waals surface area contributed by atoms with Gasteiger partial charge in [0.05, 0.1) is 18.2 Å². The van der Waals surface area contributed by atoms with Crippen molar-refractivity contribution in [2.24, 2.45) is 0 Å². The van der Waals surface area contributed by atoms with Gasteiger partial charge in [-0.2, -0.15) is 0 Å². The van der Waals surface area contributed by atoms with Gasteiger partial charge in [-0.1, -0.05) is 28.1 Å². The van der Waals surface area contributed by atoms with E-state index in [0.717, 1.165) is 5.39 Å². The number of ether oxygens (including phenoxy) is 1. The number of methoxy groups -OCH3 is 1. The zero-order valence-corrected chi connectivity index (χ0v) is 12.1. The lowest BCUT2D eigenvalue weighted by molar-refractivity contribution is -0.130. The minimum Gasteiger partial charge on any atom is -0.481 e.